The SMILES string of the molecule is CCOC(=O)C1=C(C)N(c2ccc(C)cc2)C(C)=C(C(=O)OCC)C1C(=O)OC(C)C. The van der Waals surface area contributed by atoms with E-state index in [1.54, 1.807) is 46.4 Å². The molecular weight excluding hydrogens is 398 g/mol. The third-order valence-corrected chi connectivity index (χ3v) is 4.90. The van der Waals surface area contributed by atoms with Gasteiger partial charge in [-0.15, -0.1) is 0 Å². The fourth-order valence-corrected chi connectivity index (χ4v) is 3.62. The topological polar surface area (TPSA) is 82.1 Å². The van der Waals surface area contributed by atoms with Crippen LogP contribution in [-0.4, -0.2) is 37.2 Å². The lowest BCUT2D eigenvalue weighted by Crippen LogP contribution is -2.40. The molecule has 1 aliphatic heterocycles. The fraction of sp³-hybridized carbons (Fsp3) is 0.458. The van der Waals surface area contributed by atoms with E-state index in [1.165, 1.54) is 0 Å². The van der Waals surface area contributed by atoms with Crippen molar-refractivity contribution in [2.24, 2.45) is 5.92 Å². The molecule has 0 fully saturated rings. The van der Waals surface area contributed by atoms with Crippen LogP contribution in [0, 0.1) is 12.8 Å². The van der Waals surface area contributed by atoms with Crippen molar-refractivity contribution in [3.63, 3.8) is 0 Å². The van der Waals surface area contributed by atoms with Gasteiger partial charge in [0.1, 0.15) is 5.92 Å². The van der Waals surface area contributed by atoms with Crippen molar-refractivity contribution in [1.29, 1.82) is 0 Å². The van der Waals surface area contributed by atoms with Crippen molar-refractivity contribution in [2.75, 3.05) is 18.1 Å². The molecule has 2 rings (SSSR count). The Morgan fingerprint density at radius 3 is 1.71 bits per heavy atom. The standard InChI is InChI=1S/C24H31NO6/c1-8-29-22(26)19-16(6)25(18-12-10-15(5)11-13-18)17(7)20(23(27)30-9-2)21(19)24(28)31-14(3)4/h10-14,21H,8-9H2,1-7H3. The van der Waals surface area contributed by atoms with Crippen LogP contribution in [0.3, 0.4) is 0 Å². The number of benzene rings is 1. The summed E-state index contributed by atoms with van der Waals surface area (Å²) in [4.78, 5) is 40.8. The summed E-state index contributed by atoms with van der Waals surface area (Å²) in [5, 5.41) is 0. The average Bonchev–Trinajstić information content (AvgIpc) is 2.68. The number of hydrogen-bond acceptors (Lipinski definition) is 7. The van der Waals surface area contributed by atoms with Crippen molar-refractivity contribution in [3.8, 4) is 0 Å². The highest BCUT2D eigenvalue weighted by Crippen LogP contribution is 2.40. The minimum Gasteiger partial charge on any atom is -0.463 e. The zero-order valence-corrected chi connectivity index (χ0v) is 19.3. The number of carbonyl (C=O) groups excluding carboxylic acids is 3. The Morgan fingerprint density at radius 2 is 1.32 bits per heavy atom. The first kappa shape index (κ1) is 24.2. The Labute approximate surface area is 183 Å². The highest BCUT2D eigenvalue weighted by atomic mass is 16.6. The number of allylic oxidation sites excluding steroid dienone is 2. The Kier molecular flexibility index (Phi) is 8.02. The predicted molar refractivity (Wildman–Crippen MR) is 117 cm³/mol. The first-order chi connectivity index (χ1) is 14.6. The lowest BCUT2D eigenvalue weighted by molar-refractivity contribution is -0.154. The largest absolute Gasteiger partial charge is 0.463 e. The summed E-state index contributed by atoms with van der Waals surface area (Å²) in [5.74, 6) is -3.26. The molecule has 1 heterocycles. The Bertz CT molecular complexity index is 869. The number of rotatable bonds is 7. The molecule has 0 N–H and O–H groups in total. The summed E-state index contributed by atoms with van der Waals surface area (Å²) in [5.41, 5.74) is 2.96. The van der Waals surface area contributed by atoms with Gasteiger partial charge in [0.2, 0.25) is 0 Å². The third-order valence-electron chi connectivity index (χ3n) is 4.90. The molecule has 0 radical (unpaired) electrons. The zero-order valence-electron chi connectivity index (χ0n) is 19.3. The molecule has 168 valence electrons. The summed E-state index contributed by atoms with van der Waals surface area (Å²) in [6.45, 7) is 12.5. The molecule has 7 heteroatoms. The van der Waals surface area contributed by atoms with E-state index < -0.39 is 29.9 Å². The Morgan fingerprint density at radius 1 is 0.871 bits per heavy atom. The van der Waals surface area contributed by atoms with Crippen molar-refractivity contribution in [2.45, 2.75) is 54.6 Å². The van der Waals surface area contributed by atoms with Crippen molar-refractivity contribution < 1.29 is 28.6 Å². The molecule has 1 aromatic carbocycles. The van der Waals surface area contributed by atoms with E-state index >= 15 is 0 Å². The molecule has 0 atom stereocenters. The molecule has 0 saturated heterocycles. The number of nitrogens with zero attached hydrogens (tertiary/aromatic N) is 1. The van der Waals surface area contributed by atoms with Crippen LogP contribution in [0.25, 0.3) is 0 Å². The summed E-state index contributed by atoms with van der Waals surface area (Å²) in [7, 11) is 0. The first-order valence-electron chi connectivity index (χ1n) is 10.5. The van der Waals surface area contributed by atoms with E-state index in [0.29, 0.717) is 11.4 Å². The molecule has 7 nitrogen and oxygen atoms in total. The summed E-state index contributed by atoms with van der Waals surface area (Å²) in [6, 6.07) is 7.65. The molecule has 0 amide bonds. The molecule has 1 aliphatic rings. The normalized spacial score (nSPS) is 14.8. The molecule has 1 aromatic rings. The molecule has 31 heavy (non-hydrogen) atoms. The van der Waals surface area contributed by atoms with Gasteiger partial charge in [0, 0.05) is 17.1 Å². The van der Waals surface area contributed by atoms with Crippen LogP contribution in [0.4, 0.5) is 5.69 Å². The number of carbonyl (C=O) groups is 3. The van der Waals surface area contributed by atoms with Crippen molar-refractivity contribution in [3.05, 3.63) is 52.4 Å². The van der Waals surface area contributed by atoms with Gasteiger partial charge in [0.25, 0.3) is 0 Å². The van der Waals surface area contributed by atoms with E-state index in [4.69, 9.17) is 14.2 Å². The van der Waals surface area contributed by atoms with Crippen LogP contribution >= 0.6 is 0 Å². The van der Waals surface area contributed by atoms with Gasteiger partial charge in [-0.1, -0.05) is 17.7 Å². The van der Waals surface area contributed by atoms with Crippen molar-refractivity contribution >= 4 is 23.6 Å². The predicted octanol–water partition coefficient (Wildman–Crippen LogP) is 4.06. The molecule has 0 saturated carbocycles. The van der Waals surface area contributed by atoms with Gasteiger partial charge >= 0.3 is 17.9 Å². The molecule has 0 spiro atoms. The lowest BCUT2D eigenvalue weighted by atomic mass is 9.84. The smallest absolute Gasteiger partial charge is 0.337 e. The van der Waals surface area contributed by atoms with E-state index in [9.17, 15) is 14.4 Å². The zero-order chi connectivity index (χ0) is 23.3. The molecule has 0 unspecified atom stereocenters. The quantitative estimate of drug-likeness (QED) is 0.477. The van der Waals surface area contributed by atoms with Gasteiger partial charge in [0.15, 0.2) is 0 Å². The maximum atomic E-state index is 13.1. The molecule has 0 aromatic heterocycles. The minimum atomic E-state index is -1.23. The highest BCUT2D eigenvalue weighted by molar-refractivity contribution is 6.07. The summed E-state index contributed by atoms with van der Waals surface area (Å²) < 4.78 is 15.9. The van der Waals surface area contributed by atoms with Gasteiger partial charge in [-0.2, -0.15) is 0 Å². The number of esters is 3. The van der Waals surface area contributed by atoms with E-state index in [1.807, 2.05) is 31.2 Å². The van der Waals surface area contributed by atoms with Crippen molar-refractivity contribution in [1.82, 2.24) is 0 Å². The van der Waals surface area contributed by atoms with Gasteiger partial charge < -0.3 is 19.1 Å². The van der Waals surface area contributed by atoms with E-state index in [-0.39, 0.29) is 24.4 Å². The van der Waals surface area contributed by atoms with Crippen LogP contribution in [-0.2, 0) is 28.6 Å². The molecular formula is C24H31NO6. The Balaban J connectivity index is 2.78. The second kappa shape index (κ2) is 10.3. The first-order valence-corrected chi connectivity index (χ1v) is 10.5. The lowest BCUT2D eigenvalue weighted by Gasteiger charge is -2.37. The maximum Gasteiger partial charge on any atom is 0.337 e. The van der Waals surface area contributed by atoms with E-state index in [0.717, 1.165) is 11.3 Å². The minimum absolute atomic E-state index is 0.0710. The maximum absolute atomic E-state index is 13.1. The van der Waals surface area contributed by atoms with Crippen LogP contribution in [0.5, 0.6) is 0 Å². The van der Waals surface area contributed by atoms with Crippen LogP contribution < -0.4 is 4.90 Å². The molecule has 0 bridgehead atoms. The number of hydrogen-bond donors (Lipinski definition) is 0. The Hall–Kier alpha value is -3.09. The second-order valence-corrected chi connectivity index (χ2v) is 7.53. The third kappa shape index (κ3) is 5.16. The van der Waals surface area contributed by atoms with Gasteiger partial charge in [-0.05, 0) is 60.6 Å². The highest BCUT2D eigenvalue weighted by Gasteiger charge is 2.45. The molecule has 0 aliphatic carbocycles. The fourth-order valence-electron chi connectivity index (χ4n) is 3.62. The van der Waals surface area contributed by atoms with Crippen LogP contribution in [0.15, 0.2) is 46.8 Å². The monoisotopic (exact) mass is 429 g/mol. The summed E-state index contributed by atoms with van der Waals surface area (Å²) >= 11 is 0. The number of aryl methyl sites for hydroxylation is 1. The second-order valence-electron chi connectivity index (χ2n) is 7.53. The number of anilines is 1. The van der Waals surface area contributed by atoms with Gasteiger partial charge in [-0.3, -0.25) is 4.79 Å². The van der Waals surface area contributed by atoms with E-state index in [2.05, 4.69) is 0 Å². The average molecular weight is 430 g/mol. The number of ether oxygens (including phenoxy) is 3. The van der Waals surface area contributed by atoms with Gasteiger partial charge in [0.05, 0.1) is 30.5 Å². The van der Waals surface area contributed by atoms with Crippen LogP contribution in [0.1, 0.15) is 47.1 Å². The van der Waals surface area contributed by atoms with Crippen LogP contribution in [0.2, 0.25) is 0 Å². The van der Waals surface area contributed by atoms with Gasteiger partial charge in [-0.25, -0.2) is 9.59 Å². The summed E-state index contributed by atoms with van der Waals surface area (Å²) in [6.07, 6.45) is -0.421.